The molecule has 2 N–H and O–H groups in total. The van der Waals surface area contributed by atoms with Crippen LogP contribution < -0.4 is 0 Å². The van der Waals surface area contributed by atoms with Crippen LogP contribution in [0.3, 0.4) is 0 Å². The second kappa shape index (κ2) is 3.87. The molecule has 0 aromatic rings. The van der Waals surface area contributed by atoms with E-state index in [1.54, 1.807) is 11.8 Å². The van der Waals surface area contributed by atoms with E-state index in [-0.39, 0.29) is 17.9 Å². The highest BCUT2D eigenvalue weighted by Crippen LogP contribution is 2.19. The lowest BCUT2D eigenvalue weighted by atomic mass is 10.0. The Labute approximate surface area is 71.8 Å². The van der Waals surface area contributed by atoms with Gasteiger partial charge >= 0.3 is 0 Å². The van der Waals surface area contributed by atoms with Crippen LogP contribution in [0.15, 0.2) is 0 Å². The highest BCUT2D eigenvalue weighted by molar-refractivity contribution is 5.77. The first-order valence-electron chi connectivity index (χ1n) is 4.22. The molecule has 0 bridgehead atoms. The molecule has 1 fully saturated rings. The standard InChI is InChI=1S/C8H15NO3/c1-6(11)7-2-3-9(4-7)8(12)5-10/h6-7,10-11H,2-5H2,1H3. The van der Waals surface area contributed by atoms with E-state index in [0.29, 0.717) is 13.1 Å². The average molecular weight is 173 g/mol. The van der Waals surface area contributed by atoms with Gasteiger partial charge in [-0.05, 0) is 13.3 Å². The molecule has 2 atom stereocenters. The Bertz CT molecular complexity index is 170. The molecule has 1 saturated heterocycles. The Kier molecular flexibility index (Phi) is 3.05. The molecule has 0 saturated carbocycles. The molecule has 0 radical (unpaired) electrons. The number of carbonyl (C=O) groups is 1. The molecule has 0 aliphatic carbocycles. The lowest BCUT2D eigenvalue weighted by molar-refractivity contribution is -0.133. The van der Waals surface area contributed by atoms with Crippen LogP contribution in [0.5, 0.6) is 0 Å². The van der Waals surface area contributed by atoms with Gasteiger partial charge in [0.2, 0.25) is 5.91 Å². The Balaban J connectivity index is 2.40. The molecule has 2 unspecified atom stereocenters. The first-order chi connectivity index (χ1) is 5.65. The highest BCUT2D eigenvalue weighted by atomic mass is 16.3. The van der Waals surface area contributed by atoms with Crippen molar-refractivity contribution in [3.63, 3.8) is 0 Å². The fourth-order valence-electron chi connectivity index (χ4n) is 1.51. The zero-order valence-electron chi connectivity index (χ0n) is 7.23. The van der Waals surface area contributed by atoms with E-state index in [4.69, 9.17) is 5.11 Å². The van der Waals surface area contributed by atoms with Gasteiger partial charge in [0, 0.05) is 19.0 Å². The summed E-state index contributed by atoms with van der Waals surface area (Å²) in [6.45, 7) is 2.55. The minimum absolute atomic E-state index is 0.181. The highest BCUT2D eigenvalue weighted by Gasteiger charge is 2.28. The molecule has 70 valence electrons. The van der Waals surface area contributed by atoms with Gasteiger partial charge < -0.3 is 15.1 Å². The van der Waals surface area contributed by atoms with Crippen molar-refractivity contribution in [3.05, 3.63) is 0 Å². The Hall–Kier alpha value is -0.610. The van der Waals surface area contributed by atoms with Gasteiger partial charge in [-0.25, -0.2) is 0 Å². The van der Waals surface area contributed by atoms with E-state index >= 15 is 0 Å². The topological polar surface area (TPSA) is 60.8 Å². The van der Waals surface area contributed by atoms with Gasteiger partial charge in [-0.1, -0.05) is 0 Å². The van der Waals surface area contributed by atoms with Crippen molar-refractivity contribution in [2.75, 3.05) is 19.7 Å². The number of rotatable bonds is 2. The van der Waals surface area contributed by atoms with E-state index in [0.717, 1.165) is 6.42 Å². The maximum atomic E-state index is 11.0. The van der Waals surface area contributed by atoms with Crippen LogP contribution in [-0.4, -0.2) is 46.8 Å². The summed E-state index contributed by atoms with van der Waals surface area (Å²) >= 11 is 0. The Morgan fingerprint density at radius 3 is 2.83 bits per heavy atom. The van der Waals surface area contributed by atoms with Gasteiger partial charge in [0.15, 0.2) is 0 Å². The zero-order valence-corrected chi connectivity index (χ0v) is 7.23. The summed E-state index contributed by atoms with van der Waals surface area (Å²) in [5, 5.41) is 17.8. The molecule has 12 heavy (non-hydrogen) atoms. The third kappa shape index (κ3) is 1.95. The fourth-order valence-corrected chi connectivity index (χ4v) is 1.51. The van der Waals surface area contributed by atoms with E-state index in [9.17, 15) is 9.90 Å². The molecule has 4 heteroatoms. The van der Waals surface area contributed by atoms with Gasteiger partial charge in [-0.3, -0.25) is 4.79 Å². The van der Waals surface area contributed by atoms with E-state index in [2.05, 4.69) is 0 Å². The summed E-state index contributed by atoms with van der Waals surface area (Å²) in [6.07, 6.45) is 0.477. The van der Waals surface area contributed by atoms with Gasteiger partial charge in [-0.15, -0.1) is 0 Å². The van der Waals surface area contributed by atoms with Crippen LogP contribution in [0, 0.1) is 5.92 Å². The monoisotopic (exact) mass is 173 g/mol. The number of likely N-dealkylation sites (tertiary alicyclic amines) is 1. The van der Waals surface area contributed by atoms with Crippen LogP contribution >= 0.6 is 0 Å². The molecule has 1 rings (SSSR count). The summed E-state index contributed by atoms with van der Waals surface area (Å²) in [5.41, 5.74) is 0. The minimum Gasteiger partial charge on any atom is -0.393 e. The Morgan fingerprint density at radius 1 is 1.75 bits per heavy atom. The van der Waals surface area contributed by atoms with Crippen LogP contribution in [0.1, 0.15) is 13.3 Å². The Morgan fingerprint density at radius 2 is 2.42 bits per heavy atom. The van der Waals surface area contributed by atoms with E-state index in [1.807, 2.05) is 0 Å². The van der Waals surface area contributed by atoms with Gasteiger partial charge in [0.05, 0.1) is 6.10 Å². The predicted octanol–water partition coefficient (Wildman–Crippen LogP) is -0.792. The maximum Gasteiger partial charge on any atom is 0.248 e. The molecular weight excluding hydrogens is 158 g/mol. The lowest BCUT2D eigenvalue weighted by Gasteiger charge is -2.16. The predicted molar refractivity (Wildman–Crippen MR) is 43.5 cm³/mol. The van der Waals surface area contributed by atoms with Crippen LogP contribution in [0.4, 0.5) is 0 Å². The third-order valence-corrected chi connectivity index (χ3v) is 2.39. The zero-order chi connectivity index (χ0) is 9.14. The van der Waals surface area contributed by atoms with Crippen LogP contribution in [0.2, 0.25) is 0 Å². The van der Waals surface area contributed by atoms with Crippen molar-refractivity contribution in [1.29, 1.82) is 0 Å². The molecule has 0 aromatic heterocycles. The minimum atomic E-state index is -0.424. The summed E-state index contributed by atoms with van der Waals surface area (Å²) in [7, 11) is 0. The van der Waals surface area contributed by atoms with Crippen molar-refractivity contribution in [2.24, 2.45) is 5.92 Å². The SMILES string of the molecule is CC(O)C1CCN(C(=O)CO)C1. The molecule has 1 amide bonds. The van der Waals surface area contributed by atoms with Crippen molar-refractivity contribution in [1.82, 2.24) is 4.90 Å². The third-order valence-electron chi connectivity index (χ3n) is 2.39. The normalized spacial score (nSPS) is 25.9. The molecule has 0 spiro atoms. The average Bonchev–Trinajstić information content (AvgIpc) is 2.51. The molecule has 1 heterocycles. The molecule has 1 aliphatic rings. The van der Waals surface area contributed by atoms with Gasteiger partial charge in [0.25, 0.3) is 0 Å². The van der Waals surface area contributed by atoms with Crippen molar-refractivity contribution in [2.45, 2.75) is 19.4 Å². The molecule has 4 nitrogen and oxygen atoms in total. The van der Waals surface area contributed by atoms with Crippen LogP contribution in [0.25, 0.3) is 0 Å². The molecule has 1 aliphatic heterocycles. The molecule has 0 aromatic carbocycles. The number of aliphatic hydroxyl groups excluding tert-OH is 2. The van der Waals surface area contributed by atoms with Crippen molar-refractivity contribution >= 4 is 5.91 Å². The number of amides is 1. The summed E-state index contributed by atoms with van der Waals surface area (Å²) < 4.78 is 0. The second-order valence-corrected chi connectivity index (χ2v) is 3.29. The lowest BCUT2D eigenvalue weighted by Crippen LogP contribution is -2.32. The maximum absolute atomic E-state index is 11.0. The summed E-state index contributed by atoms with van der Waals surface area (Å²) in [5.74, 6) is -0.0568. The molecular formula is C8H15NO3. The second-order valence-electron chi connectivity index (χ2n) is 3.29. The summed E-state index contributed by atoms with van der Waals surface area (Å²) in [6, 6.07) is 0. The fraction of sp³-hybridized carbons (Fsp3) is 0.875. The number of carbonyl (C=O) groups excluding carboxylic acids is 1. The first-order valence-corrected chi connectivity index (χ1v) is 4.22. The number of aliphatic hydroxyl groups is 2. The van der Waals surface area contributed by atoms with Crippen LogP contribution in [-0.2, 0) is 4.79 Å². The first kappa shape index (κ1) is 9.48. The smallest absolute Gasteiger partial charge is 0.248 e. The van der Waals surface area contributed by atoms with E-state index < -0.39 is 6.61 Å². The number of hydrogen-bond acceptors (Lipinski definition) is 3. The number of hydrogen-bond donors (Lipinski definition) is 2. The van der Waals surface area contributed by atoms with E-state index in [1.165, 1.54) is 0 Å². The van der Waals surface area contributed by atoms with Crippen molar-refractivity contribution in [3.8, 4) is 0 Å². The summed E-state index contributed by atoms with van der Waals surface area (Å²) in [4.78, 5) is 12.6. The largest absolute Gasteiger partial charge is 0.393 e. The van der Waals surface area contributed by atoms with Gasteiger partial charge in [0.1, 0.15) is 6.61 Å². The number of nitrogens with zero attached hydrogens (tertiary/aromatic N) is 1. The quantitative estimate of drug-likeness (QED) is 0.575. The van der Waals surface area contributed by atoms with Gasteiger partial charge in [-0.2, -0.15) is 0 Å². The van der Waals surface area contributed by atoms with Crippen molar-refractivity contribution < 1.29 is 15.0 Å².